The molecule has 3 rings (SSSR count). The molecule has 1 heterocycles. The van der Waals surface area contributed by atoms with Crippen LogP contribution in [0.25, 0.3) is 0 Å². The van der Waals surface area contributed by atoms with E-state index in [0.29, 0.717) is 5.56 Å². The lowest BCUT2D eigenvalue weighted by molar-refractivity contribution is 0.0963. The van der Waals surface area contributed by atoms with E-state index in [1.807, 2.05) is 24.3 Å². The van der Waals surface area contributed by atoms with Crippen molar-refractivity contribution in [1.29, 1.82) is 0 Å². The number of terminal acetylenes is 1. The highest BCUT2D eigenvalue weighted by molar-refractivity contribution is 5.94. The molecular weight excluding hydrogens is 332 g/mol. The molecule has 0 radical (unpaired) electrons. The molecule has 2 aromatic carbocycles. The lowest BCUT2D eigenvalue weighted by Gasteiger charge is -2.36. The van der Waals surface area contributed by atoms with Crippen LogP contribution >= 0.6 is 0 Å². The summed E-state index contributed by atoms with van der Waals surface area (Å²) in [6.07, 6.45) is 8.82. The zero-order valence-electron chi connectivity index (χ0n) is 15.7. The Morgan fingerprint density at radius 1 is 1.19 bits per heavy atom. The van der Waals surface area contributed by atoms with Crippen LogP contribution in [0.5, 0.6) is 0 Å². The molecule has 0 fully saturated rings. The Morgan fingerprint density at radius 3 is 2.70 bits per heavy atom. The molecule has 0 bridgehead atoms. The van der Waals surface area contributed by atoms with Crippen LogP contribution in [0.4, 0.5) is 5.69 Å². The van der Waals surface area contributed by atoms with E-state index >= 15 is 0 Å². The molecule has 0 aliphatic carbocycles. The third-order valence-electron chi connectivity index (χ3n) is 4.83. The van der Waals surface area contributed by atoms with E-state index in [-0.39, 0.29) is 11.9 Å². The fourth-order valence-electron chi connectivity index (χ4n) is 3.40. The molecule has 0 aromatic heterocycles. The van der Waals surface area contributed by atoms with Gasteiger partial charge in [-0.25, -0.2) is 0 Å². The SMILES string of the molecule is C#CCCCC#CC1c2ccccc2CCN1c1ccc(C(=O)NC)cc1. The van der Waals surface area contributed by atoms with Crippen molar-refractivity contribution in [3.63, 3.8) is 0 Å². The normalized spacial score (nSPS) is 15.1. The van der Waals surface area contributed by atoms with Crippen LogP contribution in [-0.4, -0.2) is 19.5 Å². The van der Waals surface area contributed by atoms with Crippen molar-refractivity contribution in [2.45, 2.75) is 31.7 Å². The van der Waals surface area contributed by atoms with E-state index in [1.165, 1.54) is 11.1 Å². The van der Waals surface area contributed by atoms with Gasteiger partial charge in [0, 0.05) is 37.7 Å². The van der Waals surface area contributed by atoms with Gasteiger partial charge in [0.25, 0.3) is 5.91 Å². The number of nitrogens with one attached hydrogen (secondary N) is 1. The van der Waals surface area contributed by atoms with Crippen molar-refractivity contribution >= 4 is 11.6 Å². The maximum absolute atomic E-state index is 11.8. The predicted octanol–water partition coefficient (Wildman–Crippen LogP) is 3.96. The smallest absolute Gasteiger partial charge is 0.251 e. The first-order chi connectivity index (χ1) is 13.2. The quantitative estimate of drug-likeness (QED) is 0.664. The van der Waals surface area contributed by atoms with Crippen LogP contribution in [0.15, 0.2) is 48.5 Å². The van der Waals surface area contributed by atoms with Crippen LogP contribution in [0.3, 0.4) is 0 Å². The molecule has 136 valence electrons. The molecule has 27 heavy (non-hydrogen) atoms. The van der Waals surface area contributed by atoms with Crippen molar-refractivity contribution < 1.29 is 4.79 Å². The van der Waals surface area contributed by atoms with Crippen LogP contribution in [-0.2, 0) is 6.42 Å². The molecule has 1 unspecified atom stereocenters. The second-order valence-corrected chi connectivity index (χ2v) is 6.55. The van der Waals surface area contributed by atoms with E-state index in [2.05, 4.69) is 52.2 Å². The second kappa shape index (κ2) is 8.97. The summed E-state index contributed by atoms with van der Waals surface area (Å²) >= 11 is 0. The first-order valence-corrected chi connectivity index (χ1v) is 9.33. The van der Waals surface area contributed by atoms with Gasteiger partial charge in [-0.1, -0.05) is 30.2 Å². The summed E-state index contributed by atoms with van der Waals surface area (Å²) in [6.45, 7) is 0.903. The number of rotatable bonds is 4. The van der Waals surface area contributed by atoms with Gasteiger partial charge in [0.1, 0.15) is 6.04 Å². The lowest BCUT2D eigenvalue weighted by atomic mass is 9.92. The van der Waals surface area contributed by atoms with Crippen molar-refractivity contribution in [3.05, 3.63) is 65.2 Å². The van der Waals surface area contributed by atoms with Crippen molar-refractivity contribution in [3.8, 4) is 24.2 Å². The number of carbonyl (C=O) groups is 1. The molecule has 0 saturated carbocycles. The predicted molar refractivity (Wildman–Crippen MR) is 111 cm³/mol. The van der Waals surface area contributed by atoms with E-state index in [9.17, 15) is 4.79 Å². The highest BCUT2D eigenvalue weighted by Crippen LogP contribution is 2.33. The Balaban J connectivity index is 1.88. The van der Waals surface area contributed by atoms with Gasteiger partial charge in [-0.15, -0.1) is 18.3 Å². The monoisotopic (exact) mass is 356 g/mol. The average molecular weight is 356 g/mol. The Bertz CT molecular complexity index is 896. The van der Waals surface area contributed by atoms with E-state index in [0.717, 1.165) is 37.9 Å². The fourth-order valence-corrected chi connectivity index (χ4v) is 3.40. The molecule has 0 spiro atoms. The minimum atomic E-state index is -0.0737. The molecule has 1 atom stereocenters. The number of benzene rings is 2. The Morgan fingerprint density at radius 2 is 1.96 bits per heavy atom. The lowest BCUT2D eigenvalue weighted by Crippen LogP contribution is -2.34. The number of amides is 1. The standard InChI is InChI=1S/C24H24N2O/c1-3-4-5-6-7-12-23-22-11-9-8-10-19(22)17-18-26(23)21-15-13-20(14-16-21)24(27)25-2/h1,8-11,13-16,23H,4-6,17-18H2,2H3,(H,25,27). The largest absolute Gasteiger partial charge is 0.355 e. The molecule has 1 aliphatic heterocycles. The molecular formula is C24H24N2O. The zero-order chi connectivity index (χ0) is 19.1. The minimum absolute atomic E-state index is 0.0200. The Labute approximate surface area is 161 Å². The minimum Gasteiger partial charge on any atom is -0.355 e. The number of hydrogen-bond acceptors (Lipinski definition) is 2. The van der Waals surface area contributed by atoms with Gasteiger partial charge in [0.15, 0.2) is 0 Å². The van der Waals surface area contributed by atoms with E-state index < -0.39 is 0 Å². The number of nitrogens with zero attached hydrogens (tertiary/aromatic N) is 1. The van der Waals surface area contributed by atoms with Crippen LogP contribution in [0, 0.1) is 24.2 Å². The second-order valence-electron chi connectivity index (χ2n) is 6.55. The highest BCUT2D eigenvalue weighted by Gasteiger charge is 2.26. The van der Waals surface area contributed by atoms with Crippen LogP contribution < -0.4 is 10.2 Å². The Hall–Kier alpha value is -3.17. The summed E-state index contributed by atoms with van der Waals surface area (Å²) in [6, 6.07) is 16.3. The number of unbranched alkanes of at least 4 members (excludes halogenated alkanes) is 2. The number of fused-ring (bicyclic) bond motifs is 1. The maximum atomic E-state index is 11.8. The van der Waals surface area contributed by atoms with E-state index in [1.54, 1.807) is 7.05 Å². The zero-order valence-corrected chi connectivity index (χ0v) is 15.7. The van der Waals surface area contributed by atoms with Gasteiger partial charge in [0.05, 0.1) is 0 Å². The number of anilines is 1. The Kier molecular flexibility index (Phi) is 6.18. The molecule has 3 nitrogen and oxygen atoms in total. The van der Waals surface area contributed by atoms with E-state index in [4.69, 9.17) is 6.42 Å². The number of carbonyl (C=O) groups excluding carboxylic acids is 1. The number of hydrogen-bond donors (Lipinski definition) is 1. The average Bonchev–Trinajstić information content (AvgIpc) is 2.73. The van der Waals surface area contributed by atoms with Gasteiger partial charge >= 0.3 is 0 Å². The first-order valence-electron chi connectivity index (χ1n) is 9.33. The van der Waals surface area contributed by atoms with Gasteiger partial charge in [-0.05, 0) is 48.2 Å². The van der Waals surface area contributed by atoms with Gasteiger partial charge in [0.2, 0.25) is 0 Å². The van der Waals surface area contributed by atoms with Crippen LogP contribution in [0.1, 0.15) is 46.8 Å². The highest BCUT2D eigenvalue weighted by atomic mass is 16.1. The summed E-state index contributed by atoms with van der Waals surface area (Å²) in [7, 11) is 1.64. The molecule has 0 saturated heterocycles. The topological polar surface area (TPSA) is 32.3 Å². The summed E-state index contributed by atoms with van der Waals surface area (Å²) in [4.78, 5) is 14.1. The van der Waals surface area contributed by atoms with Crippen molar-refractivity contribution in [1.82, 2.24) is 5.32 Å². The molecule has 2 aromatic rings. The summed E-state index contributed by atoms with van der Waals surface area (Å²) in [5.41, 5.74) is 4.37. The van der Waals surface area contributed by atoms with Gasteiger partial charge in [-0.2, -0.15) is 0 Å². The third kappa shape index (κ3) is 4.33. The molecule has 1 aliphatic rings. The van der Waals surface area contributed by atoms with Gasteiger partial charge < -0.3 is 10.2 Å². The third-order valence-corrected chi connectivity index (χ3v) is 4.83. The molecule has 3 heteroatoms. The molecule has 1 N–H and O–H groups in total. The summed E-state index contributed by atoms with van der Waals surface area (Å²) < 4.78 is 0. The van der Waals surface area contributed by atoms with Crippen molar-refractivity contribution in [2.24, 2.45) is 0 Å². The first kappa shape index (κ1) is 18.6. The molecule has 1 amide bonds. The van der Waals surface area contributed by atoms with Gasteiger partial charge in [-0.3, -0.25) is 4.79 Å². The maximum Gasteiger partial charge on any atom is 0.251 e. The van der Waals surface area contributed by atoms with Crippen LogP contribution in [0.2, 0.25) is 0 Å². The fraction of sp³-hybridized carbons (Fsp3) is 0.292. The summed E-state index contributed by atoms with van der Waals surface area (Å²) in [5.74, 6) is 9.37. The van der Waals surface area contributed by atoms with Crippen molar-refractivity contribution in [2.75, 3.05) is 18.5 Å². The summed E-state index contributed by atoms with van der Waals surface area (Å²) in [5, 5.41) is 2.66.